The molecule has 3 amide bonds. The van der Waals surface area contributed by atoms with Gasteiger partial charge >= 0.3 is 6.03 Å². The fourth-order valence-corrected chi connectivity index (χ4v) is 3.35. The quantitative estimate of drug-likeness (QED) is 0.794. The third kappa shape index (κ3) is 4.20. The van der Waals surface area contributed by atoms with Gasteiger partial charge in [-0.15, -0.1) is 0 Å². The van der Waals surface area contributed by atoms with Gasteiger partial charge in [-0.05, 0) is 43.2 Å². The van der Waals surface area contributed by atoms with E-state index in [9.17, 15) is 9.59 Å². The number of nitrogens with one attached hydrogen (secondary N) is 2. The van der Waals surface area contributed by atoms with E-state index < -0.39 is 0 Å². The Labute approximate surface area is 155 Å². The Bertz CT molecular complexity index is 794. The first-order valence-corrected chi connectivity index (χ1v) is 9.06. The molecular formula is C19H20BrN3O2. The number of carbonyl (C=O) groups is 2. The zero-order valence-electron chi connectivity index (χ0n) is 14.0. The van der Waals surface area contributed by atoms with Crippen LogP contribution in [0.1, 0.15) is 31.4 Å². The van der Waals surface area contributed by atoms with Crippen molar-refractivity contribution in [2.24, 2.45) is 0 Å². The fourth-order valence-electron chi connectivity index (χ4n) is 2.93. The summed E-state index contributed by atoms with van der Waals surface area (Å²) < 4.78 is 0.969. The molecule has 2 aromatic carbocycles. The molecule has 1 atom stereocenters. The van der Waals surface area contributed by atoms with Crippen LogP contribution in [0, 0.1) is 0 Å². The monoisotopic (exact) mass is 401 g/mol. The number of carbonyl (C=O) groups excluding carboxylic acids is 2. The number of nitrogens with zero attached hydrogens (tertiary/aromatic N) is 1. The van der Waals surface area contributed by atoms with Crippen LogP contribution in [0.5, 0.6) is 0 Å². The minimum atomic E-state index is -0.299. The number of rotatable bonds is 4. The van der Waals surface area contributed by atoms with Crippen molar-refractivity contribution in [3.63, 3.8) is 0 Å². The van der Waals surface area contributed by atoms with Gasteiger partial charge in [0.25, 0.3) is 0 Å². The maximum atomic E-state index is 12.4. The second-order valence-electron chi connectivity index (χ2n) is 6.04. The van der Waals surface area contributed by atoms with Gasteiger partial charge in [0.15, 0.2) is 0 Å². The van der Waals surface area contributed by atoms with Gasteiger partial charge in [-0.2, -0.15) is 0 Å². The number of hydrogen-bond donors (Lipinski definition) is 2. The summed E-state index contributed by atoms with van der Waals surface area (Å²) in [5, 5.41) is 5.79. The second-order valence-corrected chi connectivity index (χ2v) is 6.96. The first kappa shape index (κ1) is 17.5. The predicted molar refractivity (Wildman–Crippen MR) is 103 cm³/mol. The van der Waals surface area contributed by atoms with Gasteiger partial charge in [-0.3, -0.25) is 4.79 Å². The highest BCUT2D eigenvalue weighted by Gasteiger charge is 2.24. The Hall–Kier alpha value is -2.34. The molecule has 25 heavy (non-hydrogen) atoms. The number of urea groups is 1. The molecule has 0 saturated carbocycles. The van der Waals surface area contributed by atoms with Gasteiger partial charge in [-0.1, -0.05) is 40.2 Å². The molecule has 1 heterocycles. The molecule has 2 aromatic rings. The Morgan fingerprint density at radius 2 is 2.00 bits per heavy atom. The van der Waals surface area contributed by atoms with Crippen LogP contribution in [0.25, 0.3) is 0 Å². The Kier molecular flexibility index (Phi) is 5.38. The van der Waals surface area contributed by atoms with E-state index in [2.05, 4.69) is 26.6 Å². The van der Waals surface area contributed by atoms with Crippen LogP contribution in [-0.2, 0) is 4.79 Å². The molecule has 0 aliphatic carbocycles. The normalized spacial score (nSPS) is 15.1. The number of halogens is 1. The Morgan fingerprint density at radius 3 is 2.72 bits per heavy atom. The standard InChI is InChI=1S/C19H20BrN3O2/c1-13(14-6-4-7-15(20)12-14)21-19(25)22-16-8-2-3-9-17(16)23-11-5-10-18(23)24/h2-4,6-9,12-13H,5,10-11H2,1H3,(H2,21,22,25). The third-order valence-corrected chi connectivity index (χ3v) is 4.71. The maximum absolute atomic E-state index is 12.4. The van der Waals surface area contributed by atoms with Gasteiger partial charge in [0, 0.05) is 17.4 Å². The summed E-state index contributed by atoms with van der Waals surface area (Å²) in [5.74, 6) is 0.0946. The van der Waals surface area contributed by atoms with Crippen molar-refractivity contribution >= 4 is 39.2 Å². The highest BCUT2D eigenvalue weighted by molar-refractivity contribution is 9.10. The van der Waals surface area contributed by atoms with E-state index in [-0.39, 0.29) is 18.0 Å². The van der Waals surface area contributed by atoms with Gasteiger partial charge in [0.1, 0.15) is 0 Å². The highest BCUT2D eigenvalue weighted by Crippen LogP contribution is 2.29. The lowest BCUT2D eigenvalue weighted by Gasteiger charge is -2.21. The number of amides is 3. The lowest BCUT2D eigenvalue weighted by Crippen LogP contribution is -2.32. The van der Waals surface area contributed by atoms with Crippen molar-refractivity contribution in [2.75, 3.05) is 16.8 Å². The number of anilines is 2. The van der Waals surface area contributed by atoms with E-state index in [4.69, 9.17) is 0 Å². The first-order chi connectivity index (χ1) is 12.0. The van der Waals surface area contributed by atoms with Crippen molar-refractivity contribution in [3.8, 4) is 0 Å². The minimum Gasteiger partial charge on any atom is -0.331 e. The Morgan fingerprint density at radius 1 is 1.20 bits per heavy atom. The van der Waals surface area contributed by atoms with E-state index in [0.717, 1.165) is 22.1 Å². The molecule has 1 aliphatic heterocycles. The van der Waals surface area contributed by atoms with Crippen LogP contribution in [0.3, 0.4) is 0 Å². The van der Waals surface area contributed by atoms with Crippen LogP contribution >= 0.6 is 15.9 Å². The summed E-state index contributed by atoms with van der Waals surface area (Å²) in [6.07, 6.45) is 1.40. The van der Waals surface area contributed by atoms with E-state index in [1.54, 1.807) is 4.90 Å². The Balaban J connectivity index is 1.70. The van der Waals surface area contributed by atoms with Crippen molar-refractivity contribution in [3.05, 3.63) is 58.6 Å². The molecule has 1 fully saturated rings. The molecule has 3 rings (SSSR count). The molecule has 0 bridgehead atoms. The molecular weight excluding hydrogens is 382 g/mol. The van der Waals surface area contributed by atoms with Gasteiger partial charge < -0.3 is 15.5 Å². The van der Waals surface area contributed by atoms with Crippen molar-refractivity contribution in [2.45, 2.75) is 25.8 Å². The molecule has 1 saturated heterocycles. The second kappa shape index (κ2) is 7.70. The summed E-state index contributed by atoms with van der Waals surface area (Å²) in [5.41, 5.74) is 2.39. The number of hydrogen-bond acceptors (Lipinski definition) is 2. The molecule has 1 aliphatic rings. The molecule has 6 heteroatoms. The lowest BCUT2D eigenvalue weighted by atomic mass is 10.1. The molecule has 0 spiro atoms. The van der Waals surface area contributed by atoms with E-state index in [0.29, 0.717) is 18.7 Å². The smallest absolute Gasteiger partial charge is 0.319 e. The van der Waals surface area contributed by atoms with E-state index >= 15 is 0 Å². The van der Waals surface area contributed by atoms with Gasteiger partial charge in [0.2, 0.25) is 5.91 Å². The third-order valence-electron chi connectivity index (χ3n) is 4.21. The van der Waals surface area contributed by atoms with Crippen LogP contribution < -0.4 is 15.5 Å². The molecule has 1 unspecified atom stereocenters. The average molecular weight is 402 g/mol. The van der Waals surface area contributed by atoms with Gasteiger partial charge in [0.05, 0.1) is 17.4 Å². The number of para-hydroxylation sites is 2. The molecule has 0 radical (unpaired) electrons. The van der Waals surface area contributed by atoms with Crippen molar-refractivity contribution in [1.29, 1.82) is 0 Å². The first-order valence-electron chi connectivity index (χ1n) is 8.27. The maximum Gasteiger partial charge on any atom is 0.319 e. The molecule has 2 N–H and O–H groups in total. The topological polar surface area (TPSA) is 61.4 Å². The zero-order valence-corrected chi connectivity index (χ0v) is 15.5. The summed E-state index contributed by atoms with van der Waals surface area (Å²) in [7, 11) is 0. The fraction of sp³-hybridized carbons (Fsp3) is 0.263. The number of benzene rings is 2. The highest BCUT2D eigenvalue weighted by atomic mass is 79.9. The largest absolute Gasteiger partial charge is 0.331 e. The lowest BCUT2D eigenvalue weighted by molar-refractivity contribution is -0.117. The molecule has 130 valence electrons. The van der Waals surface area contributed by atoms with Crippen molar-refractivity contribution in [1.82, 2.24) is 5.32 Å². The average Bonchev–Trinajstić information content (AvgIpc) is 3.01. The summed E-state index contributed by atoms with van der Waals surface area (Å²) in [6.45, 7) is 2.62. The van der Waals surface area contributed by atoms with E-state index in [1.165, 1.54) is 0 Å². The SMILES string of the molecule is CC(NC(=O)Nc1ccccc1N1CCCC1=O)c1cccc(Br)c1. The van der Waals surface area contributed by atoms with Gasteiger partial charge in [-0.25, -0.2) is 4.79 Å². The molecule has 0 aromatic heterocycles. The summed E-state index contributed by atoms with van der Waals surface area (Å²) in [4.78, 5) is 26.1. The van der Waals surface area contributed by atoms with Crippen LogP contribution in [-0.4, -0.2) is 18.5 Å². The van der Waals surface area contributed by atoms with Crippen LogP contribution in [0.4, 0.5) is 16.2 Å². The minimum absolute atomic E-state index is 0.0946. The van der Waals surface area contributed by atoms with Crippen molar-refractivity contribution < 1.29 is 9.59 Å². The zero-order chi connectivity index (χ0) is 17.8. The summed E-state index contributed by atoms with van der Waals surface area (Å²) in [6, 6.07) is 14.8. The summed E-state index contributed by atoms with van der Waals surface area (Å²) >= 11 is 3.44. The predicted octanol–water partition coefficient (Wildman–Crippen LogP) is 4.46. The molecule has 5 nitrogen and oxygen atoms in total. The van der Waals surface area contributed by atoms with E-state index in [1.807, 2.05) is 55.5 Å². The van der Waals surface area contributed by atoms with Crippen LogP contribution in [0.15, 0.2) is 53.0 Å². The van der Waals surface area contributed by atoms with Crippen LogP contribution in [0.2, 0.25) is 0 Å².